The summed E-state index contributed by atoms with van der Waals surface area (Å²) < 4.78 is 5.10. The summed E-state index contributed by atoms with van der Waals surface area (Å²) >= 11 is 5.25. The van der Waals surface area contributed by atoms with Crippen LogP contribution in [0.2, 0.25) is 0 Å². The molecule has 0 heterocycles. The maximum Gasteiger partial charge on any atom is 0.170 e. The van der Waals surface area contributed by atoms with Crippen LogP contribution >= 0.6 is 12.2 Å². The highest BCUT2D eigenvalue weighted by atomic mass is 32.1. The third-order valence-electron chi connectivity index (χ3n) is 3.35. The average Bonchev–Trinajstić information content (AvgIpc) is 2.55. The van der Waals surface area contributed by atoms with E-state index in [2.05, 4.69) is 10.6 Å². The van der Waals surface area contributed by atoms with E-state index in [1.54, 1.807) is 7.11 Å². The van der Waals surface area contributed by atoms with Crippen LogP contribution in [0.25, 0.3) is 0 Å². The second kappa shape index (κ2) is 7.77. The first-order valence-corrected chi connectivity index (χ1v) is 7.43. The van der Waals surface area contributed by atoms with Crippen molar-refractivity contribution in [2.24, 2.45) is 0 Å². The fourth-order valence-electron chi connectivity index (χ4n) is 2.01. The van der Waals surface area contributed by atoms with Gasteiger partial charge >= 0.3 is 0 Å². The number of thiocarbonyl (C=S) groups is 1. The molecule has 1 atom stereocenters. The maximum absolute atomic E-state index is 10.2. The monoisotopic (exact) mass is 316 g/mol. The summed E-state index contributed by atoms with van der Waals surface area (Å²) in [7, 11) is 1.61. The molecule has 0 aliphatic heterocycles. The highest BCUT2D eigenvalue weighted by molar-refractivity contribution is 7.80. The van der Waals surface area contributed by atoms with Crippen LogP contribution in [0.4, 0.5) is 5.69 Å². The van der Waals surface area contributed by atoms with Crippen LogP contribution in [0.5, 0.6) is 5.75 Å². The number of para-hydroxylation sites is 1. The first-order valence-electron chi connectivity index (χ1n) is 7.02. The molecule has 2 aromatic carbocycles. The number of nitrogens with one attached hydrogen (secondary N) is 2. The first-order chi connectivity index (χ1) is 10.6. The molecular formula is C17H20N2O2S. The van der Waals surface area contributed by atoms with Crippen molar-refractivity contribution in [3.05, 3.63) is 59.7 Å². The highest BCUT2D eigenvalue weighted by Crippen LogP contribution is 2.17. The van der Waals surface area contributed by atoms with Crippen molar-refractivity contribution < 1.29 is 9.84 Å². The lowest BCUT2D eigenvalue weighted by molar-refractivity contribution is 0.181. The van der Waals surface area contributed by atoms with Gasteiger partial charge < -0.3 is 20.5 Å². The van der Waals surface area contributed by atoms with E-state index in [0.29, 0.717) is 11.7 Å². The maximum atomic E-state index is 10.2. The Morgan fingerprint density at radius 2 is 1.86 bits per heavy atom. The molecule has 0 spiro atoms. The van der Waals surface area contributed by atoms with Crippen LogP contribution in [0.15, 0.2) is 48.5 Å². The Hall–Kier alpha value is -2.11. The van der Waals surface area contributed by atoms with Gasteiger partial charge in [0.1, 0.15) is 5.75 Å². The van der Waals surface area contributed by atoms with E-state index in [9.17, 15) is 5.11 Å². The first kappa shape index (κ1) is 16.3. The summed E-state index contributed by atoms with van der Waals surface area (Å²) in [6.07, 6.45) is -0.637. The molecule has 116 valence electrons. The molecule has 1 unspecified atom stereocenters. The number of methoxy groups -OCH3 is 1. The molecule has 2 rings (SSSR count). The lowest BCUT2D eigenvalue weighted by Gasteiger charge is -2.16. The van der Waals surface area contributed by atoms with Crippen LogP contribution < -0.4 is 15.4 Å². The minimum atomic E-state index is -0.637. The van der Waals surface area contributed by atoms with Gasteiger partial charge in [-0.3, -0.25) is 0 Å². The quantitative estimate of drug-likeness (QED) is 0.740. The Morgan fingerprint density at radius 1 is 1.18 bits per heavy atom. The van der Waals surface area contributed by atoms with Gasteiger partial charge in [-0.05, 0) is 48.5 Å². The summed E-state index contributed by atoms with van der Waals surface area (Å²) in [4.78, 5) is 0. The minimum Gasteiger partial charge on any atom is -0.497 e. The third-order valence-corrected chi connectivity index (χ3v) is 3.60. The van der Waals surface area contributed by atoms with Crippen LogP contribution in [0.3, 0.4) is 0 Å². The average molecular weight is 316 g/mol. The van der Waals surface area contributed by atoms with E-state index in [1.165, 1.54) is 0 Å². The number of aliphatic hydroxyl groups excluding tert-OH is 1. The van der Waals surface area contributed by atoms with Gasteiger partial charge in [0.15, 0.2) is 5.11 Å². The molecule has 0 aliphatic carbocycles. The van der Waals surface area contributed by atoms with Gasteiger partial charge in [-0.15, -0.1) is 0 Å². The predicted octanol–water partition coefficient (Wildman–Crippen LogP) is 3.02. The number of rotatable bonds is 5. The topological polar surface area (TPSA) is 53.5 Å². The van der Waals surface area contributed by atoms with Gasteiger partial charge in [-0.1, -0.05) is 30.3 Å². The predicted molar refractivity (Wildman–Crippen MR) is 93.4 cm³/mol. The summed E-state index contributed by atoms with van der Waals surface area (Å²) in [6, 6.07) is 15.2. The smallest absolute Gasteiger partial charge is 0.170 e. The highest BCUT2D eigenvalue weighted by Gasteiger charge is 2.08. The summed E-state index contributed by atoms with van der Waals surface area (Å²) in [5.41, 5.74) is 2.88. The SMILES string of the molecule is COc1ccc(C(O)CNC(=S)Nc2ccccc2C)cc1. The fraction of sp³-hybridized carbons (Fsp3) is 0.235. The Kier molecular flexibility index (Phi) is 5.75. The number of ether oxygens (including phenoxy) is 1. The van der Waals surface area contributed by atoms with Crippen LogP contribution in [0, 0.1) is 6.92 Å². The Bertz CT molecular complexity index is 629. The molecule has 0 fully saturated rings. The van der Waals surface area contributed by atoms with Crippen molar-refractivity contribution in [1.29, 1.82) is 0 Å². The number of benzene rings is 2. The largest absolute Gasteiger partial charge is 0.497 e. The van der Waals surface area contributed by atoms with Crippen molar-refractivity contribution in [3.8, 4) is 5.75 Å². The number of hydrogen-bond acceptors (Lipinski definition) is 3. The molecule has 5 heteroatoms. The molecule has 0 saturated heterocycles. The molecule has 0 bridgehead atoms. The van der Waals surface area contributed by atoms with Crippen LogP contribution in [0.1, 0.15) is 17.2 Å². The molecule has 0 radical (unpaired) electrons. The van der Waals surface area contributed by atoms with Gasteiger partial charge in [-0.25, -0.2) is 0 Å². The van der Waals surface area contributed by atoms with Crippen molar-refractivity contribution in [2.45, 2.75) is 13.0 Å². The molecule has 3 N–H and O–H groups in total. The van der Waals surface area contributed by atoms with E-state index in [1.807, 2.05) is 55.5 Å². The van der Waals surface area contributed by atoms with Gasteiger partial charge in [0.25, 0.3) is 0 Å². The zero-order valence-electron chi connectivity index (χ0n) is 12.7. The second-order valence-electron chi connectivity index (χ2n) is 4.94. The molecule has 0 amide bonds. The summed E-state index contributed by atoms with van der Waals surface area (Å²) in [5, 5.41) is 16.8. The normalized spacial score (nSPS) is 11.6. The zero-order valence-corrected chi connectivity index (χ0v) is 13.5. The Balaban J connectivity index is 1.86. The molecular weight excluding hydrogens is 296 g/mol. The van der Waals surface area contributed by atoms with Crippen LogP contribution in [-0.4, -0.2) is 23.9 Å². The molecule has 2 aromatic rings. The number of anilines is 1. The van der Waals surface area contributed by atoms with E-state index >= 15 is 0 Å². The van der Waals surface area contributed by atoms with Crippen LogP contribution in [-0.2, 0) is 0 Å². The van der Waals surface area contributed by atoms with E-state index in [0.717, 1.165) is 22.6 Å². The van der Waals surface area contributed by atoms with Gasteiger partial charge in [0.05, 0.1) is 13.2 Å². The van der Waals surface area contributed by atoms with Gasteiger partial charge in [-0.2, -0.15) is 0 Å². The van der Waals surface area contributed by atoms with Gasteiger partial charge in [0.2, 0.25) is 0 Å². The van der Waals surface area contributed by atoms with Crippen molar-refractivity contribution in [3.63, 3.8) is 0 Å². The molecule has 22 heavy (non-hydrogen) atoms. The molecule has 4 nitrogen and oxygen atoms in total. The lowest BCUT2D eigenvalue weighted by Crippen LogP contribution is -2.32. The third kappa shape index (κ3) is 4.44. The van der Waals surface area contributed by atoms with E-state index < -0.39 is 6.10 Å². The molecule has 0 aliphatic rings. The van der Waals surface area contributed by atoms with Gasteiger partial charge in [0, 0.05) is 12.2 Å². The fourth-order valence-corrected chi connectivity index (χ4v) is 2.21. The zero-order chi connectivity index (χ0) is 15.9. The Labute approximate surface area is 136 Å². The lowest BCUT2D eigenvalue weighted by atomic mass is 10.1. The van der Waals surface area contributed by atoms with Crippen molar-refractivity contribution in [2.75, 3.05) is 19.0 Å². The number of hydrogen-bond donors (Lipinski definition) is 3. The van der Waals surface area contributed by atoms with Crippen molar-refractivity contribution >= 4 is 23.0 Å². The summed E-state index contributed by atoms with van der Waals surface area (Å²) in [6.45, 7) is 2.35. The number of aryl methyl sites for hydroxylation is 1. The molecule has 0 saturated carbocycles. The van der Waals surface area contributed by atoms with Crippen molar-refractivity contribution in [1.82, 2.24) is 5.32 Å². The Morgan fingerprint density at radius 3 is 2.50 bits per heavy atom. The standard InChI is InChI=1S/C17H20N2O2S/c1-12-5-3-4-6-15(12)19-17(22)18-11-16(20)13-7-9-14(21-2)10-8-13/h3-10,16,20H,11H2,1-2H3,(H2,18,19,22). The second-order valence-corrected chi connectivity index (χ2v) is 5.35. The number of aliphatic hydroxyl groups is 1. The van der Waals surface area contributed by atoms with E-state index in [4.69, 9.17) is 17.0 Å². The summed E-state index contributed by atoms with van der Waals surface area (Å²) in [5.74, 6) is 0.764. The van der Waals surface area contributed by atoms with E-state index in [-0.39, 0.29) is 0 Å². The minimum absolute atomic E-state index is 0.337. The molecule has 0 aromatic heterocycles.